The molecular weight excluding hydrogens is 302 g/mol. The molecule has 0 aliphatic carbocycles. The lowest BCUT2D eigenvalue weighted by Crippen LogP contribution is -2.40. The molecule has 1 unspecified atom stereocenters. The highest BCUT2D eigenvalue weighted by Gasteiger charge is 2.34. The minimum Gasteiger partial charge on any atom is -0.342 e. The number of H-pyrrole nitrogens is 1. The smallest absolute Gasteiger partial charge is 0.254 e. The molecule has 0 radical (unpaired) electrons. The number of benzene rings is 1. The van der Waals surface area contributed by atoms with E-state index in [0.29, 0.717) is 18.5 Å². The fourth-order valence-corrected chi connectivity index (χ4v) is 4.76. The standard InChI is InChI=1S/C15H19N3O3S/c1-3-18(12-6-7-22(20,21)9-12)15(19)11-4-5-13-14(8-11)17-10(2)16-13/h4-5,8,12H,3,6-7,9H2,1-2H3,(H,16,17). The van der Waals surface area contributed by atoms with Crippen molar-refractivity contribution < 1.29 is 13.2 Å². The Morgan fingerprint density at radius 3 is 2.86 bits per heavy atom. The molecule has 1 aliphatic heterocycles. The fourth-order valence-electron chi connectivity index (χ4n) is 3.02. The molecule has 2 aromatic rings. The van der Waals surface area contributed by atoms with Crippen LogP contribution in [0, 0.1) is 6.92 Å². The topological polar surface area (TPSA) is 83.1 Å². The third kappa shape index (κ3) is 2.72. The Balaban J connectivity index is 1.89. The van der Waals surface area contributed by atoms with Gasteiger partial charge in [0.2, 0.25) is 0 Å². The van der Waals surface area contributed by atoms with Crippen LogP contribution in [0.15, 0.2) is 18.2 Å². The van der Waals surface area contributed by atoms with Crippen LogP contribution >= 0.6 is 0 Å². The summed E-state index contributed by atoms with van der Waals surface area (Å²) in [7, 11) is -3.01. The van der Waals surface area contributed by atoms with Crippen LogP contribution in [-0.4, -0.2) is 53.3 Å². The van der Waals surface area contributed by atoms with Gasteiger partial charge in [-0.1, -0.05) is 0 Å². The Hall–Kier alpha value is -1.89. The highest BCUT2D eigenvalue weighted by atomic mass is 32.2. The molecule has 1 saturated heterocycles. The number of carbonyl (C=O) groups excluding carboxylic acids is 1. The zero-order valence-corrected chi connectivity index (χ0v) is 13.5. The van der Waals surface area contributed by atoms with Crippen molar-refractivity contribution in [2.45, 2.75) is 26.3 Å². The van der Waals surface area contributed by atoms with Crippen molar-refractivity contribution in [2.24, 2.45) is 0 Å². The third-order valence-electron chi connectivity index (χ3n) is 4.10. The summed E-state index contributed by atoms with van der Waals surface area (Å²) in [5, 5.41) is 0. The number of imidazole rings is 1. The van der Waals surface area contributed by atoms with Gasteiger partial charge in [-0.2, -0.15) is 0 Å². The molecule has 3 rings (SSSR count). The van der Waals surface area contributed by atoms with Crippen molar-refractivity contribution in [2.75, 3.05) is 18.1 Å². The highest BCUT2D eigenvalue weighted by molar-refractivity contribution is 7.91. The first kappa shape index (κ1) is 15.0. The fraction of sp³-hybridized carbons (Fsp3) is 0.467. The molecule has 0 saturated carbocycles. The lowest BCUT2D eigenvalue weighted by atomic mass is 10.1. The minimum absolute atomic E-state index is 0.0675. The molecule has 6 nitrogen and oxygen atoms in total. The van der Waals surface area contributed by atoms with Gasteiger partial charge in [-0.05, 0) is 38.5 Å². The summed E-state index contributed by atoms with van der Waals surface area (Å²) >= 11 is 0. The molecule has 22 heavy (non-hydrogen) atoms. The number of nitrogens with one attached hydrogen (secondary N) is 1. The molecule has 1 aliphatic rings. The van der Waals surface area contributed by atoms with Crippen molar-refractivity contribution in [1.29, 1.82) is 0 Å². The van der Waals surface area contributed by atoms with E-state index in [1.807, 2.05) is 19.9 Å². The number of hydrogen-bond donors (Lipinski definition) is 1. The average molecular weight is 321 g/mol. The first-order valence-electron chi connectivity index (χ1n) is 7.37. The summed E-state index contributed by atoms with van der Waals surface area (Å²) < 4.78 is 23.3. The van der Waals surface area contributed by atoms with E-state index in [-0.39, 0.29) is 23.5 Å². The second kappa shape index (κ2) is 5.39. The molecule has 1 fully saturated rings. The van der Waals surface area contributed by atoms with Crippen LogP contribution in [0.4, 0.5) is 0 Å². The number of fused-ring (bicyclic) bond motifs is 1. The van der Waals surface area contributed by atoms with Crippen LogP contribution in [0.5, 0.6) is 0 Å². The Morgan fingerprint density at radius 1 is 1.45 bits per heavy atom. The van der Waals surface area contributed by atoms with Gasteiger partial charge < -0.3 is 9.88 Å². The number of nitrogens with zero attached hydrogens (tertiary/aromatic N) is 2. The Bertz CT molecular complexity index is 826. The monoisotopic (exact) mass is 321 g/mol. The normalized spacial score (nSPS) is 20.4. The van der Waals surface area contributed by atoms with Crippen molar-refractivity contribution in [3.8, 4) is 0 Å². The van der Waals surface area contributed by atoms with Crippen LogP contribution in [0.3, 0.4) is 0 Å². The molecule has 1 N–H and O–H groups in total. The molecule has 0 bridgehead atoms. The summed E-state index contributed by atoms with van der Waals surface area (Å²) in [6, 6.07) is 5.12. The van der Waals surface area contributed by atoms with Gasteiger partial charge in [-0.25, -0.2) is 13.4 Å². The van der Waals surface area contributed by atoms with Gasteiger partial charge in [-0.3, -0.25) is 4.79 Å². The van der Waals surface area contributed by atoms with Crippen molar-refractivity contribution in [3.63, 3.8) is 0 Å². The Morgan fingerprint density at radius 2 is 2.23 bits per heavy atom. The van der Waals surface area contributed by atoms with Gasteiger partial charge in [0.15, 0.2) is 9.84 Å². The van der Waals surface area contributed by atoms with Gasteiger partial charge in [0, 0.05) is 18.2 Å². The van der Waals surface area contributed by atoms with E-state index in [1.54, 1.807) is 17.0 Å². The quantitative estimate of drug-likeness (QED) is 0.929. The van der Waals surface area contributed by atoms with E-state index >= 15 is 0 Å². The van der Waals surface area contributed by atoms with Crippen LogP contribution < -0.4 is 0 Å². The predicted molar refractivity (Wildman–Crippen MR) is 84.6 cm³/mol. The van der Waals surface area contributed by atoms with Gasteiger partial charge >= 0.3 is 0 Å². The molecular formula is C15H19N3O3S. The second-order valence-corrected chi connectivity index (χ2v) is 7.93. The van der Waals surface area contributed by atoms with Gasteiger partial charge in [0.05, 0.1) is 22.5 Å². The minimum atomic E-state index is -3.01. The van der Waals surface area contributed by atoms with E-state index in [1.165, 1.54) is 0 Å². The number of aromatic amines is 1. The molecule has 7 heteroatoms. The second-order valence-electron chi connectivity index (χ2n) is 5.70. The lowest BCUT2D eigenvalue weighted by molar-refractivity contribution is 0.0708. The largest absolute Gasteiger partial charge is 0.342 e. The third-order valence-corrected chi connectivity index (χ3v) is 5.85. The van der Waals surface area contributed by atoms with Crippen LogP contribution in [0.25, 0.3) is 11.0 Å². The molecule has 2 heterocycles. The number of rotatable bonds is 3. The number of aromatic nitrogens is 2. The average Bonchev–Trinajstić information content (AvgIpc) is 3.00. The summed E-state index contributed by atoms with van der Waals surface area (Å²) in [6.07, 6.45) is 0.521. The first-order chi connectivity index (χ1) is 10.4. The van der Waals surface area contributed by atoms with Gasteiger partial charge in [0.1, 0.15) is 5.82 Å². The molecule has 0 spiro atoms. The van der Waals surface area contributed by atoms with Crippen molar-refractivity contribution >= 4 is 26.8 Å². The number of carbonyl (C=O) groups is 1. The van der Waals surface area contributed by atoms with Crippen LogP contribution in [-0.2, 0) is 9.84 Å². The zero-order chi connectivity index (χ0) is 15.9. The number of sulfone groups is 1. The Kier molecular flexibility index (Phi) is 3.68. The number of amides is 1. The van der Waals surface area contributed by atoms with E-state index in [4.69, 9.17) is 0 Å². The number of aryl methyl sites for hydroxylation is 1. The van der Waals surface area contributed by atoms with Crippen LogP contribution in [0.2, 0.25) is 0 Å². The highest BCUT2D eigenvalue weighted by Crippen LogP contribution is 2.21. The summed E-state index contributed by atoms with van der Waals surface area (Å²) in [5.74, 6) is 0.908. The molecule has 1 aromatic heterocycles. The summed E-state index contributed by atoms with van der Waals surface area (Å²) in [6.45, 7) is 4.24. The molecule has 1 atom stereocenters. The summed E-state index contributed by atoms with van der Waals surface area (Å²) in [5.41, 5.74) is 2.20. The van der Waals surface area contributed by atoms with Gasteiger partial charge in [0.25, 0.3) is 5.91 Å². The maximum absolute atomic E-state index is 12.7. The Labute approximate surface area is 129 Å². The lowest BCUT2D eigenvalue weighted by Gasteiger charge is -2.26. The molecule has 118 valence electrons. The van der Waals surface area contributed by atoms with Gasteiger partial charge in [-0.15, -0.1) is 0 Å². The predicted octanol–water partition coefficient (Wildman–Crippen LogP) is 1.52. The molecule has 1 aromatic carbocycles. The maximum atomic E-state index is 12.7. The van der Waals surface area contributed by atoms with E-state index in [2.05, 4.69) is 9.97 Å². The summed E-state index contributed by atoms with van der Waals surface area (Å²) in [4.78, 5) is 21.8. The van der Waals surface area contributed by atoms with Crippen molar-refractivity contribution in [1.82, 2.24) is 14.9 Å². The van der Waals surface area contributed by atoms with Crippen LogP contribution in [0.1, 0.15) is 29.5 Å². The molecule has 1 amide bonds. The SMILES string of the molecule is CCN(C(=O)c1ccc2nc(C)[nH]c2c1)C1CCS(=O)(=O)C1. The number of hydrogen-bond acceptors (Lipinski definition) is 4. The first-order valence-corrected chi connectivity index (χ1v) is 9.19. The van der Waals surface area contributed by atoms with Crippen molar-refractivity contribution in [3.05, 3.63) is 29.6 Å². The van der Waals surface area contributed by atoms with E-state index in [0.717, 1.165) is 16.9 Å². The maximum Gasteiger partial charge on any atom is 0.254 e. The van der Waals surface area contributed by atoms with E-state index < -0.39 is 9.84 Å². The van der Waals surface area contributed by atoms with E-state index in [9.17, 15) is 13.2 Å². The zero-order valence-electron chi connectivity index (χ0n) is 12.7.